The summed E-state index contributed by atoms with van der Waals surface area (Å²) in [7, 11) is 0. The van der Waals surface area contributed by atoms with Gasteiger partial charge >= 0.3 is 0 Å². The first-order valence-corrected chi connectivity index (χ1v) is 7.39. The lowest BCUT2D eigenvalue weighted by Crippen LogP contribution is -2.07. The lowest BCUT2D eigenvalue weighted by atomic mass is 10.1. The molecule has 3 rings (SSSR count). The maximum Gasteiger partial charge on any atom is 0.249 e. The summed E-state index contributed by atoms with van der Waals surface area (Å²) in [6.07, 6.45) is 3.36. The van der Waals surface area contributed by atoms with E-state index in [-0.39, 0.29) is 0 Å². The van der Waals surface area contributed by atoms with Crippen molar-refractivity contribution in [2.75, 3.05) is 10.6 Å². The molecule has 0 saturated carbocycles. The molecule has 0 aliphatic carbocycles. The van der Waals surface area contributed by atoms with Crippen molar-refractivity contribution in [2.45, 2.75) is 20.4 Å². The van der Waals surface area contributed by atoms with Gasteiger partial charge in [0.05, 0.1) is 18.4 Å². The van der Waals surface area contributed by atoms with E-state index in [4.69, 9.17) is 0 Å². The highest BCUT2D eigenvalue weighted by Gasteiger charge is 2.05. The van der Waals surface area contributed by atoms with E-state index in [2.05, 4.69) is 50.7 Å². The number of benzene rings is 1. The molecule has 0 saturated heterocycles. The fraction of sp³-hybridized carbons (Fsp3) is 0.176. The molecule has 116 valence electrons. The Hall–Kier alpha value is -3.02. The van der Waals surface area contributed by atoms with Crippen molar-refractivity contribution >= 4 is 17.5 Å². The minimum Gasteiger partial charge on any atom is -0.363 e. The monoisotopic (exact) mass is 306 g/mol. The Labute approximate surface area is 135 Å². The molecule has 0 unspecified atom stereocenters. The Morgan fingerprint density at radius 2 is 1.96 bits per heavy atom. The smallest absolute Gasteiger partial charge is 0.249 e. The van der Waals surface area contributed by atoms with Gasteiger partial charge in [-0.25, -0.2) is 0 Å². The molecule has 0 fully saturated rings. The molecule has 0 aliphatic rings. The SMILES string of the molecule is Cc1cccc(Nc2nncc(NCc3ccccn3)n2)c1C. The van der Waals surface area contributed by atoms with Crippen LogP contribution in [0.3, 0.4) is 0 Å². The molecule has 2 heterocycles. The first-order valence-electron chi connectivity index (χ1n) is 7.39. The second-order valence-electron chi connectivity index (χ2n) is 5.21. The molecule has 3 aromatic rings. The van der Waals surface area contributed by atoms with Gasteiger partial charge in [-0.1, -0.05) is 18.2 Å². The van der Waals surface area contributed by atoms with E-state index in [1.54, 1.807) is 12.4 Å². The third-order valence-corrected chi connectivity index (χ3v) is 3.59. The first kappa shape index (κ1) is 14.9. The molecule has 0 amide bonds. The zero-order chi connectivity index (χ0) is 16.1. The Morgan fingerprint density at radius 1 is 1.04 bits per heavy atom. The van der Waals surface area contributed by atoms with Crippen LogP contribution >= 0.6 is 0 Å². The lowest BCUT2D eigenvalue weighted by molar-refractivity contribution is 0.955. The molecule has 0 radical (unpaired) electrons. The molecule has 0 atom stereocenters. The Bertz CT molecular complexity index is 788. The van der Waals surface area contributed by atoms with Gasteiger partial charge in [0.1, 0.15) is 0 Å². The summed E-state index contributed by atoms with van der Waals surface area (Å²) in [4.78, 5) is 8.69. The van der Waals surface area contributed by atoms with E-state index in [0.29, 0.717) is 18.3 Å². The van der Waals surface area contributed by atoms with Crippen molar-refractivity contribution in [1.29, 1.82) is 0 Å². The van der Waals surface area contributed by atoms with Crippen LogP contribution in [-0.2, 0) is 6.54 Å². The minimum absolute atomic E-state index is 0.463. The number of aryl methyl sites for hydroxylation is 1. The van der Waals surface area contributed by atoms with Gasteiger partial charge < -0.3 is 10.6 Å². The van der Waals surface area contributed by atoms with Crippen molar-refractivity contribution in [1.82, 2.24) is 20.2 Å². The summed E-state index contributed by atoms with van der Waals surface area (Å²) in [5, 5.41) is 14.4. The van der Waals surface area contributed by atoms with E-state index >= 15 is 0 Å². The molecule has 6 nitrogen and oxygen atoms in total. The Morgan fingerprint density at radius 3 is 2.78 bits per heavy atom. The van der Waals surface area contributed by atoms with Crippen LogP contribution in [0.4, 0.5) is 17.5 Å². The summed E-state index contributed by atoms with van der Waals surface area (Å²) >= 11 is 0. The van der Waals surface area contributed by atoms with Gasteiger partial charge in [-0.3, -0.25) is 4.98 Å². The van der Waals surface area contributed by atoms with Crippen LogP contribution in [0.2, 0.25) is 0 Å². The van der Waals surface area contributed by atoms with E-state index in [0.717, 1.165) is 11.4 Å². The number of nitrogens with zero attached hydrogens (tertiary/aromatic N) is 4. The quantitative estimate of drug-likeness (QED) is 0.753. The largest absolute Gasteiger partial charge is 0.363 e. The van der Waals surface area contributed by atoms with E-state index in [9.17, 15) is 0 Å². The summed E-state index contributed by atoms with van der Waals surface area (Å²) in [6.45, 7) is 4.72. The van der Waals surface area contributed by atoms with Crippen LogP contribution < -0.4 is 10.6 Å². The fourth-order valence-electron chi connectivity index (χ4n) is 2.13. The minimum atomic E-state index is 0.463. The zero-order valence-electron chi connectivity index (χ0n) is 13.1. The van der Waals surface area contributed by atoms with Crippen LogP contribution in [0.15, 0.2) is 48.8 Å². The Kier molecular flexibility index (Phi) is 4.42. The fourth-order valence-corrected chi connectivity index (χ4v) is 2.13. The van der Waals surface area contributed by atoms with Crippen LogP contribution in [0.5, 0.6) is 0 Å². The number of nitrogens with one attached hydrogen (secondary N) is 2. The number of hydrogen-bond acceptors (Lipinski definition) is 6. The maximum absolute atomic E-state index is 4.43. The topological polar surface area (TPSA) is 75.6 Å². The van der Waals surface area contributed by atoms with Gasteiger partial charge in [0.2, 0.25) is 5.95 Å². The second-order valence-corrected chi connectivity index (χ2v) is 5.21. The molecule has 1 aromatic carbocycles. The first-order chi connectivity index (χ1) is 11.2. The predicted octanol–water partition coefficient (Wildman–Crippen LogP) is 3.24. The van der Waals surface area contributed by atoms with Gasteiger partial charge in [-0.05, 0) is 43.2 Å². The van der Waals surface area contributed by atoms with Gasteiger partial charge in [0, 0.05) is 11.9 Å². The summed E-state index contributed by atoms with van der Waals surface area (Å²) < 4.78 is 0. The lowest BCUT2D eigenvalue weighted by Gasteiger charge is -2.10. The van der Waals surface area contributed by atoms with Crippen molar-refractivity contribution in [2.24, 2.45) is 0 Å². The normalized spacial score (nSPS) is 10.3. The molecule has 23 heavy (non-hydrogen) atoms. The number of rotatable bonds is 5. The number of pyridine rings is 1. The van der Waals surface area contributed by atoms with Crippen molar-refractivity contribution in [3.05, 3.63) is 65.6 Å². The van der Waals surface area contributed by atoms with Gasteiger partial charge in [0.15, 0.2) is 5.82 Å². The third kappa shape index (κ3) is 3.79. The van der Waals surface area contributed by atoms with Gasteiger partial charge in [-0.15, -0.1) is 5.10 Å². The van der Waals surface area contributed by atoms with E-state index in [1.807, 2.05) is 30.3 Å². The summed E-state index contributed by atoms with van der Waals surface area (Å²) in [5.74, 6) is 1.11. The van der Waals surface area contributed by atoms with E-state index in [1.165, 1.54) is 11.1 Å². The van der Waals surface area contributed by atoms with Crippen LogP contribution in [-0.4, -0.2) is 20.2 Å². The van der Waals surface area contributed by atoms with Crippen molar-refractivity contribution < 1.29 is 0 Å². The van der Waals surface area contributed by atoms with Gasteiger partial charge in [0.25, 0.3) is 0 Å². The highest BCUT2D eigenvalue weighted by molar-refractivity contribution is 5.60. The highest BCUT2D eigenvalue weighted by Crippen LogP contribution is 2.21. The molecular formula is C17H18N6. The molecular weight excluding hydrogens is 288 g/mol. The number of hydrogen-bond donors (Lipinski definition) is 2. The Balaban J connectivity index is 1.71. The van der Waals surface area contributed by atoms with Crippen molar-refractivity contribution in [3.63, 3.8) is 0 Å². The van der Waals surface area contributed by atoms with Gasteiger partial charge in [-0.2, -0.15) is 10.1 Å². The third-order valence-electron chi connectivity index (χ3n) is 3.59. The summed E-state index contributed by atoms with van der Waals surface area (Å²) in [5.41, 5.74) is 4.30. The number of anilines is 3. The molecule has 0 aliphatic heterocycles. The van der Waals surface area contributed by atoms with Crippen LogP contribution in [0.1, 0.15) is 16.8 Å². The average molecular weight is 306 g/mol. The standard InChI is InChI=1S/C17H18N6/c1-12-6-5-8-15(13(12)2)21-17-22-16(11-20-23-17)19-10-14-7-3-4-9-18-14/h3-9,11H,10H2,1-2H3,(H2,19,21,22,23). The molecule has 0 bridgehead atoms. The van der Waals surface area contributed by atoms with Crippen LogP contribution in [0.25, 0.3) is 0 Å². The molecule has 6 heteroatoms. The molecule has 2 aromatic heterocycles. The van der Waals surface area contributed by atoms with Crippen LogP contribution in [0, 0.1) is 13.8 Å². The zero-order valence-corrected chi connectivity index (χ0v) is 13.1. The summed E-state index contributed by atoms with van der Waals surface area (Å²) in [6, 6.07) is 11.9. The van der Waals surface area contributed by atoms with E-state index < -0.39 is 0 Å². The molecule has 0 spiro atoms. The maximum atomic E-state index is 4.43. The predicted molar refractivity (Wildman–Crippen MR) is 90.6 cm³/mol. The number of aromatic nitrogens is 4. The second kappa shape index (κ2) is 6.83. The average Bonchev–Trinajstić information content (AvgIpc) is 2.59. The molecule has 2 N–H and O–H groups in total. The highest BCUT2D eigenvalue weighted by atomic mass is 15.3. The van der Waals surface area contributed by atoms with Crippen molar-refractivity contribution in [3.8, 4) is 0 Å².